The summed E-state index contributed by atoms with van der Waals surface area (Å²) in [6, 6.07) is 59.5. The number of carbonyl (C=O) groups excluding carboxylic acids is 1. The van der Waals surface area contributed by atoms with Crippen LogP contribution in [0.1, 0.15) is 73.5 Å². The summed E-state index contributed by atoms with van der Waals surface area (Å²) in [6.07, 6.45) is 3.84. The maximum absolute atomic E-state index is 14.5. The number of anilines is 9. The summed E-state index contributed by atoms with van der Waals surface area (Å²) in [6.45, 7) is 24.9. The smallest absolute Gasteiger partial charge is 0.504 e. The van der Waals surface area contributed by atoms with E-state index < -0.39 is 57.4 Å². The maximum Gasteiger partial charge on any atom is 1.00 e. The fourth-order valence-corrected chi connectivity index (χ4v) is 13.4. The summed E-state index contributed by atoms with van der Waals surface area (Å²) in [5.74, 6) is -2.31. The second-order valence-corrected chi connectivity index (χ2v) is 30.3. The number of carboxylic acid groups (broad SMARTS) is 1. The molecule has 0 bridgehead atoms. The molecule has 6 saturated heterocycles. The number of piperazine rings is 4. The van der Waals surface area contributed by atoms with Crippen molar-refractivity contribution < 1.29 is 81.0 Å². The van der Waals surface area contributed by atoms with Crippen LogP contribution in [0, 0.1) is 42.7 Å². The average molecular weight is 1690 g/mol. The number of aromatic nitrogens is 4. The summed E-state index contributed by atoms with van der Waals surface area (Å²) >= 11 is 5.38. The van der Waals surface area contributed by atoms with Crippen molar-refractivity contribution in [2.24, 2.45) is 10.8 Å². The molecule has 6 aromatic carbocycles. The maximum atomic E-state index is 14.5. The molecule has 7 N–H and O–H groups in total. The predicted octanol–water partition coefficient (Wildman–Crippen LogP) is 14.0. The van der Waals surface area contributed by atoms with Gasteiger partial charge in [0.2, 0.25) is 0 Å². The van der Waals surface area contributed by atoms with E-state index in [9.17, 15) is 48.8 Å². The molecule has 10 heterocycles. The number of halogens is 3. The standard InChI is InChI=1S/C28H31FN4O4.C15H16N4O2.C15H18N4.C13H15FO5.C10H14N2.C5H3ClN2O2.Fe/c1-28(2)17-36-27(37-18-28)22-14-19(15-23(29)25(22)34)26(35)31-20-8-9-24(30-16-20)33-12-10-32(11-13-33)21-6-4-3-5-7-21;20-19(21)14-6-7-15(16-12-14)18-10-8-17(9-11-18)13-4-2-1-3-5-13;16-13-6-7-15(17-12-13)19-10-8-18(9-11-19)14-4-2-1-3-5-14;1-13(2)5-18-12(19-6-13)8-3-7(11(16)17)4-9(14)10(8)15;1-2-4-10(5-3-1)12-8-6-11-7-9-12;6-5-2-1-4(3-7-5)8(9)10;/h3-9,14-16,27,34H,10-13,17-18H2,1-2H3,(H,31,35);1-7,12H,8-11H2;1-7,12H,8-11,16H2;3-4,12,15H,5-6H2,1-2H3,(H,16,17);1-5,11H,6-9H2;1-3H;/p+1. The van der Waals surface area contributed by atoms with Crippen molar-refractivity contribution in [3.63, 3.8) is 0 Å². The van der Waals surface area contributed by atoms with Crippen LogP contribution in [-0.4, -0.2) is 188 Å². The van der Waals surface area contributed by atoms with Crippen molar-refractivity contribution in [2.75, 3.05) is 176 Å². The van der Waals surface area contributed by atoms with Crippen LogP contribution in [0.2, 0.25) is 5.15 Å². The zero-order valence-corrected chi connectivity index (χ0v) is 68.2. The number of hydrogen-bond donors (Lipinski definition) is 6. The Labute approximate surface area is 706 Å². The first-order valence-electron chi connectivity index (χ1n) is 38.6. The number of rotatable bonds is 14. The quantitative estimate of drug-likeness (QED) is 0.0255. The molecule has 4 aromatic heterocycles. The third-order valence-corrected chi connectivity index (χ3v) is 20.0. The zero-order valence-electron chi connectivity index (χ0n) is 67.4. The number of pyridine rings is 4. The van der Waals surface area contributed by atoms with Gasteiger partial charge >= 0.3 is 7.40 Å². The van der Waals surface area contributed by atoms with Gasteiger partial charge in [-0.3, -0.25) is 25.0 Å². The Bertz CT molecular complexity index is 4860. The van der Waals surface area contributed by atoms with Crippen molar-refractivity contribution in [1.82, 2.24) is 25.3 Å². The minimum Gasteiger partial charge on any atom is -0.504 e. The van der Waals surface area contributed by atoms with Crippen LogP contribution in [0.5, 0.6) is 11.5 Å². The number of aromatic carboxylic acids is 1. The minimum atomic E-state index is -1.28. The van der Waals surface area contributed by atoms with Gasteiger partial charge in [0.1, 0.15) is 35.0 Å². The van der Waals surface area contributed by atoms with E-state index in [1.165, 1.54) is 53.2 Å². The Morgan fingerprint density at radius 1 is 0.479 bits per heavy atom. The number of nitrogens with zero attached hydrogens (tertiary/aromatic N) is 13. The number of benzene rings is 6. The number of ether oxygens (including phenoxy) is 4. The molecule has 0 atom stereocenters. The molecule has 10 aromatic rings. The summed E-state index contributed by atoms with van der Waals surface area (Å²) in [4.78, 5) is 76.3. The normalized spacial score (nSPS) is 16.4. The average Bonchev–Trinajstić information content (AvgIpc) is 0.802. The number of aromatic hydroxyl groups is 2. The van der Waals surface area contributed by atoms with Gasteiger partial charge in [0.15, 0.2) is 35.7 Å². The number of amides is 1. The molecular weight excluding hydrogens is 1590 g/mol. The molecule has 0 unspecified atom stereocenters. The van der Waals surface area contributed by atoms with Gasteiger partial charge in [-0.15, -0.1) is 0 Å². The van der Waals surface area contributed by atoms with Crippen LogP contribution in [0.15, 0.2) is 219 Å². The first kappa shape index (κ1) is 89.5. The Morgan fingerprint density at radius 3 is 1.15 bits per heavy atom. The second-order valence-electron chi connectivity index (χ2n) is 29.9. The molecular formula is C86H98ClF2FeN16O13+. The molecule has 6 aliphatic rings. The van der Waals surface area contributed by atoms with Gasteiger partial charge in [-0.2, -0.15) is 0 Å². The SMILES string of the molecule is CC1(C)COC(c2cc(C(=O)Nc3ccc(N4CCN(c5ccccc5)CC4)nc3)cc(F)c2O)OC1.CC1(C)COC(c2cc(C(=O)O)cc(F)c2O)OC1.Nc1ccc(N2CCN(c3ccccc3)CC2)nc1.O=[N+]([O-])c1ccc(Cl)nc1.O=[N+]([O-])c1ccc(N2CCN(c3ccccc3)CC2)nc1.[Fe].[H+].c1ccc(N2CCNCC2)cc1. The van der Waals surface area contributed by atoms with Crippen molar-refractivity contribution in [3.05, 3.63) is 278 Å². The molecule has 0 radical (unpaired) electrons. The number of nitrogens with two attached hydrogens (primary N) is 1. The molecule has 16 rings (SSSR count). The monoisotopic (exact) mass is 1690 g/mol. The number of nitrogens with one attached hydrogen (secondary N) is 2. The summed E-state index contributed by atoms with van der Waals surface area (Å²) in [5.41, 5.74) is 11.4. The van der Waals surface area contributed by atoms with E-state index in [0.29, 0.717) is 37.8 Å². The third-order valence-electron chi connectivity index (χ3n) is 19.8. The number of phenolic OH excluding ortho intramolecular Hbond substituents is 2. The van der Waals surface area contributed by atoms with Gasteiger partial charge in [0.05, 0.1) is 76.7 Å². The van der Waals surface area contributed by atoms with Gasteiger partial charge in [0.25, 0.3) is 17.3 Å². The van der Waals surface area contributed by atoms with E-state index >= 15 is 0 Å². The van der Waals surface area contributed by atoms with Crippen LogP contribution in [0.3, 0.4) is 0 Å². The Balaban J connectivity index is 0.000000172. The Kier molecular flexibility index (Phi) is 32.3. The number of carboxylic acids is 1. The minimum absolute atomic E-state index is 0. The third kappa shape index (κ3) is 26.1. The fourth-order valence-electron chi connectivity index (χ4n) is 13.2. The van der Waals surface area contributed by atoms with Crippen LogP contribution < -0.4 is 50.7 Å². The molecule has 29 nitrogen and oxygen atoms in total. The second kappa shape index (κ2) is 43.0. The summed E-state index contributed by atoms with van der Waals surface area (Å²) in [5, 5.41) is 55.8. The van der Waals surface area contributed by atoms with Crippen LogP contribution in [0.4, 0.5) is 71.7 Å². The van der Waals surface area contributed by atoms with Gasteiger partial charge < -0.3 is 84.9 Å². The predicted molar refractivity (Wildman–Crippen MR) is 453 cm³/mol. The molecule has 0 spiro atoms. The largest absolute Gasteiger partial charge is 1.00 e. The number of nitro groups is 2. The van der Waals surface area contributed by atoms with Gasteiger partial charge in [-0.1, -0.05) is 112 Å². The number of hydrogen-bond acceptors (Lipinski definition) is 25. The van der Waals surface area contributed by atoms with E-state index in [1.54, 1.807) is 24.5 Å². The molecule has 1 amide bonds. The molecule has 0 aliphatic carbocycles. The molecule has 0 saturated carbocycles. The van der Waals surface area contributed by atoms with E-state index in [0.717, 1.165) is 147 Å². The fraction of sp³-hybridized carbons (Fsp3) is 0.326. The van der Waals surface area contributed by atoms with Gasteiger partial charge in [-0.05, 0) is 109 Å². The molecule has 6 fully saturated rings. The summed E-state index contributed by atoms with van der Waals surface area (Å²) in [7, 11) is 0. The number of nitrogen functional groups attached to an aromatic ring is 1. The summed E-state index contributed by atoms with van der Waals surface area (Å²) < 4.78 is 50.1. The first-order chi connectivity index (χ1) is 56.8. The molecule has 119 heavy (non-hydrogen) atoms. The van der Waals surface area contributed by atoms with Gasteiger partial charge in [-0.25, -0.2) is 33.5 Å². The zero-order chi connectivity index (χ0) is 83.7. The van der Waals surface area contributed by atoms with Crippen LogP contribution in [-0.2, 0) is 36.0 Å². The Hall–Kier alpha value is -11.9. The topological polar surface area (TPSA) is 342 Å². The van der Waals surface area contributed by atoms with Crippen molar-refractivity contribution in [1.29, 1.82) is 0 Å². The first-order valence-corrected chi connectivity index (χ1v) is 39.0. The molecule has 33 heteroatoms. The molecule has 628 valence electrons. The molecule has 6 aliphatic heterocycles. The number of carbonyl (C=O) groups is 2. The van der Waals surface area contributed by atoms with E-state index in [-0.39, 0.29) is 68.1 Å². The van der Waals surface area contributed by atoms with E-state index in [4.69, 9.17) is 41.4 Å². The van der Waals surface area contributed by atoms with E-state index in [1.807, 2.05) is 82.3 Å². The van der Waals surface area contributed by atoms with E-state index in [2.05, 4.69) is 150 Å². The van der Waals surface area contributed by atoms with Crippen LogP contribution >= 0.6 is 11.6 Å². The van der Waals surface area contributed by atoms with Crippen molar-refractivity contribution in [2.45, 2.75) is 40.3 Å². The Morgan fingerprint density at radius 2 is 0.815 bits per heavy atom. The van der Waals surface area contributed by atoms with Crippen LogP contribution in [0.25, 0.3) is 0 Å². The van der Waals surface area contributed by atoms with Gasteiger partial charge in [0, 0.05) is 173 Å². The number of para-hydroxylation sites is 4. The van der Waals surface area contributed by atoms with Crippen molar-refractivity contribution >= 4 is 86.4 Å². The number of phenols is 2. The van der Waals surface area contributed by atoms with Crippen molar-refractivity contribution in [3.8, 4) is 11.5 Å².